The largest absolute Gasteiger partial charge is 0.489 e. The number of benzene rings is 2. The van der Waals surface area contributed by atoms with Crippen LogP contribution in [0.4, 0.5) is 0 Å². The minimum atomic E-state index is -0.759. The van der Waals surface area contributed by atoms with E-state index < -0.39 is 5.91 Å². The van der Waals surface area contributed by atoms with Gasteiger partial charge in [0.05, 0.1) is 11.4 Å². The average Bonchev–Trinajstić information content (AvgIpc) is 3.60. The lowest BCUT2D eigenvalue weighted by Crippen LogP contribution is -1.95. The van der Waals surface area contributed by atoms with Gasteiger partial charge >= 0.3 is 0 Å². The minimum Gasteiger partial charge on any atom is -0.489 e. The number of fused-ring (bicyclic) bond motifs is 1. The molecule has 164 valence electrons. The molecule has 5 rings (SSSR count). The van der Waals surface area contributed by atoms with Crippen LogP contribution < -0.4 is 4.74 Å². The number of carbonyl (C=O) groups excluding carboxylic acids is 1. The molecule has 0 unspecified atom stereocenters. The summed E-state index contributed by atoms with van der Waals surface area (Å²) in [5.74, 6) is 1.47. The minimum absolute atomic E-state index is 0.104. The zero-order valence-electron chi connectivity index (χ0n) is 17.1. The standard InChI is InChI=1S/C23H17N5O4S/c29-21(28-30)13-33-23-25-22(26-27-23)20-9-8-19(32-20)18-11-15-10-16(6-7-17(15)24-18)31-12-14-4-2-1-3-5-14/h1-11,24H,12-13H2,(H,25,26,27). The van der Waals surface area contributed by atoms with Gasteiger partial charge in [0.25, 0.3) is 5.91 Å². The van der Waals surface area contributed by atoms with E-state index in [2.05, 4.69) is 25.3 Å². The molecule has 0 spiro atoms. The number of aromatic amines is 2. The molecule has 10 heteroatoms. The van der Waals surface area contributed by atoms with Crippen molar-refractivity contribution in [3.63, 3.8) is 0 Å². The van der Waals surface area contributed by atoms with E-state index in [-0.39, 0.29) is 5.75 Å². The van der Waals surface area contributed by atoms with Gasteiger partial charge in [-0.15, -0.1) is 15.1 Å². The predicted molar refractivity (Wildman–Crippen MR) is 124 cm³/mol. The Morgan fingerprint density at radius 1 is 1.00 bits per heavy atom. The van der Waals surface area contributed by atoms with Gasteiger partial charge in [-0.25, -0.2) is 0 Å². The quantitative estimate of drug-likeness (QED) is 0.242. The molecule has 2 N–H and O–H groups in total. The lowest BCUT2D eigenvalue weighted by molar-refractivity contribution is -0.115. The second kappa shape index (κ2) is 9.13. The fourth-order valence-corrected chi connectivity index (χ4v) is 3.84. The zero-order valence-corrected chi connectivity index (χ0v) is 18.0. The molecule has 2 aromatic carbocycles. The number of hydrogen-bond donors (Lipinski definition) is 2. The molecule has 3 aromatic heterocycles. The third-order valence-electron chi connectivity index (χ3n) is 4.85. The monoisotopic (exact) mass is 459 g/mol. The van der Waals surface area contributed by atoms with E-state index in [1.807, 2.05) is 60.7 Å². The van der Waals surface area contributed by atoms with Gasteiger partial charge in [0.2, 0.25) is 0 Å². The van der Waals surface area contributed by atoms with Crippen molar-refractivity contribution in [1.82, 2.24) is 20.2 Å². The molecule has 5 aromatic rings. The maximum Gasteiger partial charge on any atom is 0.296 e. The van der Waals surface area contributed by atoms with E-state index in [0.717, 1.165) is 39.7 Å². The third-order valence-corrected chi connectivity index (χ3v) is 5.69. The van der Waals surface area contributed by atoms with Gasteiger partial charge in [-0.1, -0.05) is 42.1 Å². The van der Waals surface area contributed by atoms with Crippen LogP contribution >= 0.6 is 11.8 Å². The molecule has 0 aliphatic heterocycles. The number of aromatic nitrogens is 4. The highest BCUT2D eigenvalue weighted by Gasteiger charge is 2.14. The van der Waals surface area contributed by atoms with Gasteiger partial charge in [-0.3, -0.25) is 4.79 Å². The fraction of sp³-hybridized carbons (Fsp3) is 0.0870. The van der Waals surface area contributed by atoms with Crippen molar-refractivity contribution in [2.75, 3.05) is 5.75 Å². The molecular formula is C23H17N5O4S. The number of carbonyl (C=O) groups is 1. The Morgan fingerprint density at radius 2 is 1.85 bits per heavy atom. The molecular weight excluding hydrogens is 442 g/mol. The Labute approximate surface area is 191 Å². The number of rotatable bonds is 8. The molecule has 0 radical (unpaired) electrons. The van der Waals surface area contributed by atoms with Crippen LogP contribution in [0.2, 0.25) is 0 Å². The van der Waals surface area contributed by atoms with Gasteiger partial charge in [-0.05, 0) is 42.0 Å². The number of amides is 1. The summed E-state index contributed by atoms with van der Waals surface area (Å²) in [5, 5.41) is 11.7. The second-order valence-electron chi connectivity index (χ2n) is 7.12. The smallest absolute Gasteiger partial charge is 0.296 e. The molecule has 0 aliphatic rings. The highest BCUT2D eigenvalue weighted by atomic mass is 32.2. The second-order valence-corrected chi connectivity index (χ2v) is 8.09. The molecule has 0 aliphatic carbocycles. The Bertz CT molecular complexity index is 1420. The van der Waals surface area contributed by atoms with Gasteiger partial charge in [0, 0.05) is 16.1 Å². The predicted octanol–water partition coefficient (Wildman–Crippen LogP) is 5.18. The summed E-state index contributed by atoms with van der Waals surface area (Å²) >= 11 is 1.05. The first-order valence-corrected chi connectivity index (χ1v) is 11.0. The average molecular weight is 459 g/mol. The first kappa shape index (κ1) is 20.7. The normalized spacial score (nSPS) is 11.0. The van der Waals surface area contributed by atoms with Crippen LogP contribution in [0.5, 0.6) is 5.75 Å². The summed E-state index contributed by atoms with van der Waals surface area (Å²) in [6, 6.07) is 21.5. The maximum atomic E-state index is 11.0. The number of nitrogens with zero attached hydrogens (tertiary/aromatic N) is 3. The van der Waals surface area contributed by atoms with Gasteiger partial charge in [-0.2, -0.15) is 0 Å². The Morgan fingerprint density at radius 3 is 2.70 bits per heavy atom. The van der Waals surface area contributed by atoms with Crippen LogP contribution in [0, 0.1) is 4.91 Å². The van der Waals surface area contributed by atoms with Gasteiger partial charge in [0.1, 0.15) is 12.4 Å². The summed E-state index contributed by atoms with van der Waals surface area (Å²) < 4.78 is 11.9. The first-order chi connectivity index (χ1) is 16.2. The van der Waals surface area contributed by atoms with Crippen LogP contribution in [0.1, 0.15) is 5.56 Å². The van der Waals surface area contributed by atoms with Crippen LogP contribution in [0.3, 0.4) is 0 Å². The summed E-state index contributed by atoms with van der Waals surface area (Å²) in [7, 11) is 0. The van der Waals surface area contributed by atoms with E-state index >= 15 is 0 Å². The highest BCUT2D eigenvalue weighted by molar-refractivity contribution is 7.99. The summed E-state index contributed by atoms with van der Waals surface area (Å²) in [4.78, 5) is 27.5. The molecule has 0 fully saturated rings. The molecule has 0 saturated heterocycles. The Balaban J connectivity index is 1.30. The molecule has 9 nitrogen and oxygen atoms in total. The highest BCUT2D eigenvalue weighted by Crippen LogP contribution is 2.31. The van der Waals surface area contributed by atoms with Crippen molar-refractivity contribution in [1.29, 1.82) is 0 Å². The van der Waals surface area contributed by atoms with Crippen molar-refractivity contribution in [3.8, 4) is 28.8 Å². The lowest BCUT2D eigenvalue weighted by Gasteiger charge is -2.06. The van der Waals surface area contributed by atoms with Crippen LogP contribution in [-0.2, 0) is 11.4 Å². The summed E-state index contributed by atoms with van der Waals surface area (Å²) in [6.45, 7) is 0.502. The van der Waals surface area contributed by atoms with Crippen molar-refractivity contribution in [3.05, 3.63) is 77.2 Å². The molecule has 0 bridgehead atoms. The summed E-state index contributed by atoms with van der Waals surface area (Å²) in [6.07, 6.45) is 0. The van der Waals surface area contributed by atoms with E-state index in [9.17, 15) is 9.70 Å². The van der Waals surface area contributed by atoms with E-state index in [1.165, 1.54) is 0 Å². The van der Waals surface area contributed by atoms with E-state index in [1.54, 1.807) is 6.07 Å². The first-order valence-electron chi connectivity index (χ1n) is 10.00. The molecule has 0 atom stereocenters. The van der Waals surface area contributed by atoms with Crippen molar-refractivity contribution in [2.24, 2.45) is 5.18 Å². The Kier molecular flexibility index (Phi) is 5.73. The molecule has 1 amide bonds. The maximum absolute atomic E-state index is 11.0. The lowest BCUT2D eigenvalue weighted by atomic mass is 10.2. The fourth-order valence-electron chi connectivity index (χ4n) is 3.26. The van der Waals surface area contributed by atoms with E-state index in [4.69, 9.17) is 9.15 Å². The van der Waals surface area contributed by atoms with E-state index in [0.29, 0.717) is 29.1 Å². The van der Waals surface area contributed by atoms with Crippen LogP contribution in [-0.4, -0.2) is 31.8 Å². The number of thioether (sulfide) groups is 1. The third kappa shape index (κ3) is 4.70. The van der Waals surface area contributed by atoms with Gasteiger partial charge < -0.3 is 19.1 Å². The number of H-pyrrole nitrogens is 2. The number of hydrogen-bond acceptors (Lipinski definition) is 7. The number of ether oxygens (including phenoxy) is 1. The van der Waals surface area contributed by atoms with Crippen LogP contribution in [0.25, 0.3) is 33.9 Å². The Hall–Kier alpha value is -4.18. The molecule has 33 heavy (non-hydrogen) atoms. The number of furan rings is 1. The molecule has 0 saturated carbocycles. The van der Waals surface area contributed by atoms with Crippen molar-refractivity contribution < 1.29 is 13.9 Å². The van der Waals surface area contributed by atoms with Crippen LogP contribution in [0.15, 0.2) is 81.5 Å². The molecule has 3 heterocycles. The number of nitrogens with one attached hydrogen (secondary N) is 2. The summed E-state index contributed by atoms with van der Waals surface area (Å²) in [5.41, 5.74) is 2.88. The van der Waals surface area contributed by atoms with Crippen molar-refractivity contribution >= 4 is 28.6 Å². The zero-order chi connectivity index (χ0) is 22.6. The van der Waals surface area contributed by atoms with Gasteiger partial charge in [0.15, 0.2) is 22.5 Å². The number of nitroso groups, excluding NO2 is 1. The topological polar surface area (TPSA) is 126 Å². The van der Waals surface area contributed by atoms with Crippen molar-refractivity contribution in [2.45, 2.75) is 11.8 Å². The SMILES string of the molecule is O=NC(=O)CSc1nnc(-c2ccc(-c3cc4cc(OCc5ccccc5)ccc4[nH]3)o2)[nH]1.